The van der Waals surface area contributed by atoms with Gasteiger partial charge in [-0.15, -0.1) is 0 Å². The predicted octanol–water partition coefficient (Wildman–Crippen LogP) is 3.63. The number of rotatable bonds is 3. The summed E-state index contributed by atoms with van der Waals surface area (Å²) >= 11 is 0. The number of halogens is 3. The molecule has 4 nitrogen and oxygen atoms in total. The topological polar surface area (TPSA) is 70.2 Å². The highest BCUT2D eigenvalue weighted by Crippen LogP contribution is 2.23. The zero-order valence-corrected chi connectivity index (χ0v) is 13.9. The fourth-order valence-electron chi connectivity index (χ4n) is 2.76. The quantitative estimate of drug-likeness (QED) is 0.761. The third-order valence-electron chi connectivity index (χ3n) is 4.20. The van der Waals surface area contributed by atoms with E-state index in [1.165, 1.54) is 6.08 Å². The lowest BCUT2D eigenvalue weighted by Gasteiger charge is -2.20. The Morgan fingerprint density at radius 2 is 1.64 bits per heavy atom. The highest BCUT2D eigenvalue weighted by atomic mass is 19.4. The normalized spacial score (nSPS) is 19.6. The maximum Gasteiger partial charge on any atom is 0.430 e. The second-order valence-electron chi connectivity index (χ2n) is 6.11. The minimum atomic E-state index is -4.66. The average Bonchev–Trinajstić information content (AvgIpc) is 2.96. The van der Waals surface area contributed by atoms with Crippen molar-refractivity contribution in [2.45, 2.75) is 38.3 Å². The Hall–Kier alpha value is -2.31. The molecule has 1 saturated heterocycles. The van der Waals surface area contributed by atoms with Gasteiger partial charge in [0.05, 0.1) is 5.71 Å². The Labute approximate surface area is 145 Å². The predicted molar refractivity (Wildman–Crippen MR) is 91.0 cm³/mol. The van der Waals surface area contributed by atoms with E-state index in [-0.39, 0.29) is 11.6 Å². The number of carbonyl (C=O) groups is 1. The first-order valence-corrected chi connectivity index (χ1v) is 8.30. The minimum Gasteiger partial charge on any atom is -0.395 e. The number of amides is 1. The highest BCUT2D eigenvalue weighted by Gasteiger charge is 2.31. The Balaban J connectivity index is 2.07. The zero-order valence-electron chi connectivity index (χ0n) is 13.9. The summed E-state index contributed by atoms with van der Waals surface area (Å²) in [6.45, 7) is 1.45. The van der Waals surface area contributed by atoms with Crippen molar-refractivity contribution in [1.82, 2.24) is 4.90 Å². The van der Waals surface area contributed by atoms with E-state index in [0.29, 0.717) is 23.6 Å². The van der Waals surface area contributed by atoms with Crippen LogP contribution in [0.25, 0.3) is 0 Å². The number of nitrogens with two attached hydrogens (primary N) is 1. The lowest BCUT2D eigenvalue weighted by atomic mass is 10.1. The van der Waals surface area contributed by atoms with Crippen molar-refractivity contribution < 1.29 is 18.0 Å². The third-order valence-corrected chi connectivity index (χ3v) is 4.20. The first-order valence-electron chi connectivity index (χ1n) is 8.30. The number of hydrogen-bond donors (Lipinski definition) is 2. The van der Waals surface area contributed by atoms with Crippen molar-refractivity contribution in [3.05, 3.63) is 47.2 Å². The molecule has 0 spiro atoms. The summed E-state index contributed by atoms with van der Waals surface area (Å²) in [6.07, 6.45) is 6.93. The second-order valence-corrected chi connectivity index (χ2v) is 6.11. The van der Waals surface area contributed by atoms with Gasteiger partial charge in [-0.2, -0.15) is 13.2 Å². The van der Waals surface area contributed by atoms with Gasteiger partial charge in [-0.1, -0.05) is 31.1 Å². The molecule has 25 heavy (non-hydrogen) atoms. The molecule has 0 aromatic carbocycles. The van der Waals surface area contributed by atoms with Crippen LogP contribution in [0.2, 0.25) is 0 Å². The van der Waals surface area contributed by atoms with E-state index in [2.05, 4.69) is 0 Å². The van der Waals surface area contributed by atoms with E-state index >= 15 is 0 Å². The standard InChI is InChI=1S/C18H22F3N3O/c19-18(20,21)16(23)12-15(22)13-6-5-7-14(9-8-13)17(25)24-10-3-1-2-4-11-24/h6-9,12,22H,1-5,10-11,23H2/b16-12-,22-15?. The van der Waals surface area contributed by atoms with Crippen LogP contribution in [0.3, 0.4) is 0 Å². The van der Waals surface area contributed by atoms with Crippen LogP contribution in [-0.4, -0.2) is 35.8 Å². The summed E-state index contributed by atoms with van der Waals surface area (Å²) in [5.74, 6) is -0.0651. The van der Waals surface area contributed by atoms with Crippen molar-refractivity contribution in [2.75, 3.05) is 13.1 Å². The number of alkyl halides is 3. The van der Waals surface area contributed by atoms with Gasteiger partial charge >= 0.3 is 6.18 Å². The van der Waals surface area contributed by atoms with E-state index in [0.717, 1.165) is 38.8 Å². The highest BCUT2D eigenvalue weighted by molar-refractivity contribution is 6.09. The van der Waals surface area contributed by atoms with Gasteiger partial charge in [0, 0.05) is 18.7 Å². The van der Waals surface area contributed by atoms with Gasteiger partial charge in [0.1, 0.15) is 5.70 Å². The molecular formula is C18H22F3N3O. The molecule has 0 unspecified atom stereocenters. The van der Waals surface area contributed by atoms with Crippen molar-refractivity contribution in [1.29, 1.82) is 5.41 Å². The summed E-state index contributed by atoms with van der Waals surface area (Å²) in [5.41, 5.74) is 4.13. The first-order chi connectivity index (χ1) is 11.8. The van der Waals surface area contributed by atoms with Crippen LogP contribution in [0.15, 0.2) is 47.2 Å². The molecule has 0 aromatic heterocycles. The lowest BCUT2D eigenvalue weighted by Crippen LogP contribution is -2.32. The van der Waals surface area contributed by atoms with Crippen molar-refractivity contribution in [3.63, 3.8) is 0 Å². The summed E-state index contributed by atoms with van der Waals surface area (Å²) in [7, 11) is 0. The third kappa shape index (κ3) is 5.34. The minimum absolute atomic E-state index is 0.0651. The first kappa shape index (κ1) is 19.0. The monoisotopic (exact) mass is 353 g/mol. The molecule has 0 radical (unpaired) electrons. The van der Waals surface area contributed by atoms with Crippen LogP contribution in [0.1, 0.15) is 32.1 Å². The number of allylic oxidation sites excluding steroid dienone is 6. The largest absolute Gasteiger partial charge is 0.430 e. The molecule has 7 heteroatoms. The molecular weight excluding hydrogens is 331 g/mol. The Bertz CT molecular complexity index is 649. The number of nitrogens with zero attached hydrogens (tertiary/aromatic N) is 1. The molecule has 2 aliphatic rings. The zero-order chi connectivity index (χ0) is 18.4. The fourth-order valence-corrected chi connectivity index (χ4v) is 2.76. The molecule has 0 saturated carbocycles. The van der Waals surface area contributed by atoms with Gasteiger partial charge in [-0.05, 0) is 37.0 Å². The summed E-state index contributed by atoms with van der Waals surface area (Å²) < 4.78 is 37.4. The van der Waals surface area contributed by atoms with E-state index in [4.69, 9.17) is 11.1 Å². The molecule has 1 fully saturated rings. The van der Waals surface area contributed by atoms with Gasteiger partial charge in [0.15, 0.2) is 0 Å². The van der Waals surface area contributed by atoms with Gasteiger partial charge in [0.2, 0.25) is 0 Å². The molecule has 1 aliphatic heterocycles. The molecule has 1 aliphatic carbocycles. The van der Waals surface area contributed by atoms with Crippen LogP contribution in [0, 0.1) is 5.41 Å². The van der Waals surface area contributed by atoms with E-state index in [1.54, 1.807) is 18.2 Å². The van der Waals surface area contributed by atoms with Gasteiger partial charge in [-0.25, -0.2) is 0 Å². The van der Waals surface area contributed by atoms with E-state index in [9.17, 15) is 18.0 Å². The molecule has 136 valence electrons. The molecule has 0 atom stereocenters. The molecule has 1 amide bonds. The fraction of sp³-hybridized carbons (Fsp3) is 0.444. The molecule has 2 rings (SSSR count). The lowest BCUT2D eigenvalue weighted by molar-refractivity contribution is -0.126. The Morgan fingerprint density at radius 3 is 2.24 bits per heavy atom. The van der Waals surface area contributed by atoms with Crippen LogP contribution in [-0.2, 0) is 4.79 Å². The maximum absolute atomic E-state index is 12.6. The smallest absolute Gasteiger partial charge is 0.395 e. The average molecular weight is 353 g/mol. The number of nitrogens with one attached hydrogen (secondary N) is 1. The number of carbonyl (C=O) groups excluding carboxylic acids is 1. The van der Waals surface area contributed by atoms with E-state index < -0.39 is 11.9 Å². The van der Waals surface area contributed by atoms with Crippen LogP contribution in [0.4, 0.5) is 13.2 Å². The van der Waals surface area contributed by atoms with E-state index in [1.807, 2.05) is 4.90 Å². The van der Waals surface area contributed by atoms with Crippen LogP contribution in [0.5, 0.6) is 0 Å². The Kier molecular flexibility index (Phi) is 6.22. The van der Waals surface area contributed by atoms with Crippen LogP contribution >= 0.6 is 0 Å². The van der Waals surface area contributed by atoms with Crippen molar-refractivity contribution >= 4 is 11.6 Å². The summed E-state index contributed by atoms with van der Waals surface area (Å²) in [6, 6.07) is 0. The van der Waals surface area contributed by atoms with Gasteiger partial charge in [-0.3, -0.25) is 4.79 Å². The summed E-state index contributed by atoms with van der Waals surface area (Å²) in [4.78, 5) is 14.4. The molecule has 3 N–H and O–H groups in total. The second kappa shape index (κ2) is 8.18. The van der Waals surface area contributed by atoms with Gasteiger partial charge in [0.25, 0.3) is 5.91 Å². The molecule has 0 aromatic rings. The van der Waals surface area contributed by atoms with Crippen molar-refractivity contribution in [2.24, 2.45) is 5.73 Å². The van der Waals surface area contributed by atoms with Crippen molar-refractivity contribution in [3.8, 4) is 0 Å². The Morgan fingerprint density at radius 1 is 1.08 bits per heavy atom. The number of hydrogen-bond acceptors (Lipinski definition) is 3. The van der Waals surface area contributed by atoms with Crippen LogP contribution < -0.4 is 5.73 Å². The maximum atomic E-state index is 12.6. The summed E-state index contributed by atoms with van der Waals surface area (Å²) in [5, 5.41) is 7.79. The number of likely N-dealkylation sites (tertiary alicyclic amines) is 1. The SMILES string of the molecule is N=C(/C=C(\N)C(F)(F)F)C1=CCC=C(C(=O)N2CCCCCC2)C=C1. The molecule has 1 heterocycles. The van der Waals surface area contributed by atoms with Gasteiger partial charge < -0.3 is 16.0 Å². The molecule has 0 bridgehead atoms.